The molecule has 0 heterocycles. The van der Waals surface area contributed by atoms with Crippen LogP contribution >= 0.6 is 12.6 Å². The van der Waals surface area contributed by atoms with Crippen LogP contribution in [0.4, 0.5) is 0 Å². The van der Waals surface area contributed by atoms with Crippen LogP contribution in [-0.4, -0.2) is 18.3 Å². The molecular weight excluding hydrogens is 196 g/mol. The Bertz CT molecular complexity index is 319. The van der Waals surface area contributed by atoms with Crippen LogP contribution in [-0.2, 0) is 9.53 Å². The smallest absolute Gasteiger partial charge is 0.338 e. The third-order valence-electron chi connectivity index (χ3n) is 1.69. The van der Waals surface area contributed by atoms with Gasteiger partial charge in [-0.25, -0.2) is 4.79 Å². The second-order valence-corrected chi connectivity index (χ2v) is 3.15. The molecule has 3 heteroatoms. The topological polar surface area (TPSA) is 26.3 Å². The molecule has 0 saturated heterocycles. The summed E-state index contributed by atoms with van der Waals surface area (Å²) in [4.78, 5) is 11.3. The van der Waals surface area contributed by atoms with Crippen LogP contribution in [0.2, 0.25) is 0 Å². The van der Waals surface area contributed by atoms with Crippen molar-refractivity contribution >= 4 is 24.2 Å². The number of carbonyl (C=O) groups is 1. The number of hydrogen-bond acceptors (Lipinski definition) is 3. The Kier molecular flexibility index (Phi) is 4.26. The Morgan fingerprint density at radius 3 is 2.57 bits per heavy atom. The molecule has 0 radical (unpaired) electrons. The van der Waals surface area contributed by atoms with Gasteiger partial charge in [-0.05, 0) is 5.56 Å². The van der Waals surface area contributed by atoms with Crippen LogP contribution in [0.3, 0.4) is 0 Å². The van der Waals surface area contributed by atoms with Gasteiger partial charge in [-0.3, -0.25) is 0 Å². The lowest BCUT2D eigenvalue weighted by Gasteiger charge is -2.05. The van der Waals surface area contributed by atoms with E-state index in [0.29, 0.717) is 17.9 Å². The van der Waals surface area contributed by atoms with Gasteiger partial charge in [0.1, 0.15) is 6.61 Å². The number of hydrogen-bond donors (Lipinski definition) is 1. The summed E-state index contributed by atoms with van der Waals surface area (Å²) in [5, 5.41) is 0. The molecule has 74 valence electrons. The summed E-state index contributed by atoms with van der Waals surface area (Å²) >= 11 is 3.94. The number of thiol groups is 1. The molecule has 0 saturated carbocycles. The van der Waals surface area contributed by atoms with Crippen molar-refractivity contribution < 1.29 is 9.53 Å². The van der Waals surface area contributed by atoms with Crippen LogP contribution < -0.4 is 0 Å². The zero-order valence-corrected chi connectivity index (χ0v) is 8.67. The van der Waals surface area contributed by atoms with E-state index in [1.54, 1.807) is 0 Å². The third-order valence-corrected chi connectivity index (χ3v) is 1.88. The lowest BCUT2D eigenvalue weighted by atomic mass is 10.1. The highest BCUT2D eigenvalue weighted by Gasteiger charge is 2.09. The van der Waals surface area contributed by atoms with Crippen LogP contribution in [0.25, 0.3) is 5.57 Å². The fraction of sp³-hybridized carbons (Fsp3) is 0.182. The van der Waals surface area contributed by atoms with E-state index in [1.165, 1.54) is 0 Å². The van der Waals surface area contributed by atoms with Crippen molar-refractivity contribution in [3.63, 3.8) is 0 Å². The standard InChI is InChI=1S/C11H12O2S/c1-9(11(12)13-7-8-14)10-5-3-2-4-6-10/h2-6,14H,1,7-8H2. The van der Waals surface area contributed by atoms with Gasteiger partial charge in [-0.15, -0.1) is 0 Å². The van der Waals surface area contributed by atoms with Crippen molar-refractivity contribution in [2.24, 2.45) is 0 Å². The Balaban J connectivity index is 2.62. The zero-order valence-electron chi connectivity index (χ0n) is 7.77. The fourth-order valence-corrected chi connectivity index (χ4v) is 1.07. The summed E-state index contributed by atoms with van der Waals surface area (Å²) in [6.45, 7) is 3.99. The maximum atomic E-state index is 11.3. The molecule has 0 atom stereocenters. The summed E-state index contributed by atoms with van der Waals surface area (Å²) < 4.78 is 4.89. The van der Waals surface area contributed by atoms with Gasteiger partial charge in [-0.2, -0.15) is 12.6 Å². The summed E-state index contributed by atoms with van der Waals surface area (Å²) in [5.41, 5.74) is 1.17. The number of benzene rings is 1. The van der Waals surface area contributed by atoms with E-state index in [9.17, 15) is 4.79 Å². The van der Waals surface area contributed by atoms with Crippen molar-refractivity contribution in [1.82, 2.24) is 0 Å². The lowest BCUT2D eigenvalue weighted by Crippen LogP contribution is -2.08. The van der Waals surface area contributed by atoms with Crippen molar-refractivity contribution in [3.8, 4) is 0 Å². The van der Waals surface area contributed by atoms with Crippen LogP contribution in [0.1, 0.15) is 5.56 Å². The molecule has 0 fully saturated rings. The van der Waals surface area contributed by atoms with Gasteiger partial charge in [0.15, 0.2) is 0 Å². The van der Waals surface area contributed by atoms with Crippen molar-refractivity contribution in [1.29, 1.82) is 0 Å². The third kappa shape index (κ3) is 2.92. The van der Waals surface area contributed by atoms with Gasteiger partial charge >= 0.3 is 5.97 Å². The first-order chi connectivity index (χ1) is 6.75. The maximum absolute atomic E-state index is 11.3. The molecule has 14 heavy (non-hydrogen) atoms. The summed E-state index contributed by atoms with van der Waals surface area (Å²) in [5.74, 6) is 0.138. The number of ether oxygens (including phenoxy) is 1. The Labute approximate surface area is 89.0 Å². The molecule has 1 aromatic rings. The second-order valence-electron chi connectivity index (χ2n) is 2.70. The zero-order chi connectivity index (χ0) is 10.4. The monoisotopic (exact) mass is 208 g/mol. The van der Waals surface area contributed by atoms with Gasteiger partial charge in [0.25, 0.3) is 0 Å². The molecule has 0 N–H and O–H groups in total. The highest BCUT2D eigenvalue weighted by Crippen LogP contribution is 2.12. The first kappa shape index (κ1) is 10.9. The maximum Gasteiger partial charge on any atom is 0.338 e. The molecule has 2 nitrogen and oxygen atoms in total. The van der Waals surface area contributed by atoms with E-state index in [4.69, 9.17) is 4.74 Å². The average Bonchev–Trinajstić information content (AvgIpc) is 2.26. The molecule has 0 aliphatic carbocycles. The summed E-state index contributed by atoms with van der Waals surface area (Å²) in [6, 6.07) is 9.24. The first-order valence-electron chi connectivity index (χ1n) is 4.28. The minimum absolute atomic E-state index is 0.313. The quantitative estimate of drug-likeness (QED) is 0.466. The van der Waals surface area contributed by atoms with E-state index < -0.39 is 0 Å². The van der Waals surface area contributed by atoms with E-state index >= 15 is 0 Å². The predicted octanol–water partition coefficient (Wildman–Crippen LogP) is 2.17. The normalized spacial score (nSPS) is 9.50. The molecule has 0 bridgehead atoms. The molecule has 0 aliphatic heterocycles. The van der Waals surface area contributed by atoms with Crippen LogP contribution in [0.15, 0.2) is 36.9 Å². The van der Waals surface area contributed by atoms with E-state index in [0.717, 1.165) is 5.56 Å². The lowest BCUT2D eigenvalue weighted by molar-refractivity contribution is -0.135. The minimum Gasteiger partial charge on any atom is -0.461 e. The summed E-state index contributed by atoms with van der Waals surface area (Å²) in [7, 11) is 0. The molecule has 0 unspecified atom stereocenters. The van der Waals surface area contributed by atoms with Crippen LogP contribution in [0, 0.1) is 0 Å². The highest BCUT2D eigenvalue weighted by molar-refractivity contribution is 7.80. The van der Waals surface area contributed by atoms with Gasteiger partial charge in [0, 0.05) is 5.75 Å². The van der Waals surface area contributed by atoms with E-state index in [1.807, 2.05) is 30.3 Å². The minimum atomic E-state index is -0.384. The first-order valence-corrected chi connectivity index (χ1v) is 4.91. The molecule has 0 spiro atoms. The molecule has 0 aromatic heterocycles. The molecule has 0 amide bonds. The van der Waals surface area contributed by atoms with Crippen molar-refractivity contribution in [2.45, 2.75) is 0 Å². The Hall–Kier alpha value is -1.22. The number of esters is 1. The molecular formula is C11H12O2S. The number of rotatable bonds is 4. The fourth-order valence-electron chi connectivity index (χ4n) is 0.983. The largest absolute Gasteiger partial charge is 0.461 e. The van der Waals surface area contributed by atoms with Gasteiger partial charge in [0.2, 0.25) is 0 Å². The van der Waals surface area contributed by atoms with E-state index in [-0.39, 0.29) is 5.97 Å². The van der Waals surface area contributed by atoms with Crippen molar-refractivity contribution in [3.05, 3.63) is 42.5 Å². The number of carbonyl (C=O) groups excluding carboxylic acids is 1. The average molecular weight is 208 g/mol. The molecule has 1 aromatic carbocycles. The Morgan fingerprint density at radius 2 is 2.00 bits per heavy atom. The van der Waals surface area contributed by atoms with Crippen molar-refractivity contribution in [2.75, 3.05) is 12.4 Å². The van der Waals surface area contributed by atoms with Gasteiger partial charge in [0.05, 0.1) is 5.57 Å². The van der Waals surface area contributed by atoms with Gasteiger partial charge < -0.3 is 4.74 Å². The molecule has 1 rings (SSSR count). The van der Waals surface area contributed by atoms with Gasteiger partial charge in [-0.1, -0.05) is 36.9 Å². The second kappa shape index (κ2) is 5.50. The Morgan fingerprint density at radius 1 is 1.36 bits per heavy atom. The van der Waals surface area contributed by atoms with E-state index in [2.05, 4.69) is 19.2 Å². The predicted molar refractivity (Wildman–Crippen MR) is 60.3 cm³/mol. The molecule has 0 aliphatic rings. The summed E-state index contributed by atoms with van der Waals surface area (Å²) in [6.07, 6.45) is 0. The highest BCUT2D eigenvalue weighted by atomic mass is 32.1. The SMILES string of the molecule is C=C(C(=O)OCCS)c1ccccc1. The van der Waals surface area contributed by atoms with Crippen LogP contribution in [0.5, 0.6) is 0 Å².